The lowest BCUT2D eigenvalue weighted by atomic mass is 10.2. The second-order valence-electron chi connectivity index (χ2n) is 4.36. The van der Waals surface area contributed by atoms with Gasteiger partial charge in [0.25, 0.3) is 0 Å². The molecular formula is C13H14N4S. The summed E-state index contributed by atoms with van der Waals surface area (Å²) in [4.78, 5) is 8.90. The molecule has 2 N–H and O–H groups in total. The van der Waals surface area contributed by atoms with Crippen molar-refractivity contribution in [1.29, 1.82) is 0 Å². The quantitative estimate of drug-likeness (QED) is 0.769. The largest absolute Gasteiger partial charge is 0.369 e. The van der Waals surface area contributed by atoms with Crippen LogP contribution in [0.15, 0.2) is 23.6 Å². The Morgan fingerprint density at radius 1 is 1.28 bits per heavy atom. The number of aryl methyl sites for hydroxylation is 2. The number of rotatable bonds is 2. The van der Waals surface area contributed by atoms with Gasteiger partial charge in [0.05, 0.1) is 28.3 Å². The minimum Gasteiger partial charge on any atom is -0.369 e. The van der Waals surface area contributed by atoms with E-state index in [1.165, 1.54) is 0 Å². The molecule has 0 bridgehead atoms. The van der Waals surface area contributed by atoms with Crippen LogP contribution in [-0.2, 0) is 6.54 Å². The summed E-state index contributed by atoms with van der Waals surface area (Å²) in [5.41, 5.74) is 10.2. The molecule has 92 valence electrons. The fourth-order valence-corrected chi connectivity index (χ4v) is 2.72. The minimum atomic E-state index is 0.546. The Hall–Kier alpha value is -1.88. The Bertz CT molecular complexity index is 711. The molecule has 0 saturated carbocycles. The van der Waals surface area contributed by atoms with Crippen molar-refractivity contribution in [3.63, 3.8) is 0 Å². The molecule has 0 radical (unpaired) electrons. The maximum absolute atomic E-state index is 6.00. The van der Waals surface area contributed by atoms with Gasteiger partial charge in [-0.3, -0.25) is 0 Å². The second-order valence-corrected chi connectivity index (χ2v) is 5.42. The molecule has 2 aromatic heterocycles. The zero-order valence-electron chi connectivity index (χ0n) is 10.3. The molecule has 0 aliphatic heterocycles. The molecule has 5 heteroatoms. The van der Waals surface area contributed by atoms with E-state index < -0.39 is 0 Å². The van der Waals surface area contributed by atoms with Gasteiger partial charge in [0.2, 0.25) is 5.95 Å². The van der Waals surface area contributed by atoms with E-state index in [4.69, 9.17) is 5.73 Å². The molecule has 0 aliphatic rings. The Morgan fingerprint density at radius 2 is 2.11 bits per heavy atom. The van der Waals surface area contributed by atoms with Crippen molar-refractivity contribution in [1.82, 2.24) is 14.5 Å². The van der Waals surface area contributed by atoms with Gasteiger partial charge in [0, 0.05) is 5.38 Å². The number of anilines is 1. The number of para-hydroxylation sites is 1. The summed E-state index contributed by atoms with van der Waals surface area (Å²) in [6.07, 6.45) is 0. The number of hydrogen-bond donors (Lipinski definition) is 1. The summed E-state index contributed by atoms with van der Waals surface area (Å²) in [7, 11) is 0. The fraction of sp³-hybridized carbons (Fsp3) is 0.231. The summed E-state index contributed by atoms with van der Waals surface area (Å²) in [5, 5.41) is 3.14. The van der Waals surface area contributed by atoms with Crippen molar-refractivity contribution < 1.29 is 0 Å². The van der Waals surface area contributed by atoms with Gasteiger partial charge in [-0.15, -0.1) is 11.3 Å². The van der Waals surface area contributed by atoms with Crippen LogP contribution in [0.2, 0.25) is 0 Å². The molecule has 3 rings (SSSR count). The Morgan fingerprint density at radius 3 is 2.83 bits per heavy atom. The molecule has 0 unspecified atom stereocenters. The predicted octanol–water partition coefficient (Wildman–Crippen LogP) is 2.74. The molecule has 0 spiro atoms. The van der Waals surface area contributed by atoms with Crippen molar-refractivity contribution in [2.24, 2.45) is 0 Å². The molecule has 0 amide bonds. The number of imidazole rings is 1. The number of fused-ring (bicyclic) bond motifs is 1. The number of hydrogen-bond acceptors (Lipinski definition) is 4. The van der Waals surface area contributed by atoms with Gasteiger partial charge in [-0.1, -0.05) is 12.1 Å². The van der Waals surface area contributed by atoms with Crippen LogP contribution in [0, 0.1) is 13.8 Å². The molecule has 18 heavy (non-hydrogen) atoms. The number of aromatic nitrogens is 3. The van der Waals surface area contributed by atoms with Gasteiger partial charge in [0.15, 0.2) is 0 Å². The van der Waals surface area contributed by atoms with Crippen LogP contribution in [0.1, 0.15) is 16.3 Å². The van der Waals surface area contributed by atoms with Gasteiger partial charge in [-0.25, -0.2) is 9.97 Å². The van der Waals surface area contributed by atoms with E-state index in [1.54, 1.807) is 11.3 Å². The van der Waals surface area contributed by atoms with E-state index >= 15 is 0 Å². The van der Waals surface area contributed by atoms with Crippen molar-refractivity contribution in [3.8, 4) is 0 Å². The Kier molecular flexibility index (Phi) is 2.56. The van der Waals surface area contributed by atoms with E-state index in [9.17, 15) is 0 Å². The average molecular weight is 258 g/mol. The SMILES string of the molecule is Cc1nc(Cn2c(N)nc3c(C)cccc32)cs1. The van der Waals surface area contributed by atoms with Crippen LogP contribution in [0.4, 0.5) is 5.95 Å². The van der Waals surface area contributed by atoms with Crippen LogP contribution in [0.5, 0.6) is 0 Å². The predicted molar refractivity (Wildman–Crippen MR) is 74.8 cm³/mol. The van der Waals surface area contributed by atoms with Gasteiger partial charge in [-0.05, 0) is 25.5 Å². The van der Waals surface area contributed by atoms with E-state index in [1.807, 2.05) is 36.6 Å². The first-order chi connectivity index (χ1) is 8.65. The molecule has 3 aromatic rings. The highest BCUT2D eigenvalue weighted by molar-refractivity contribution is 7.09. The van der Waals surface area contributed by atoms with Crippen molar-refractivity contribution >= 4 is 28.3 Å². The van der Waals surface area contributed by atoms with Crippen LogP contribution in [0.3, 0.4) is 0 Å². The van der Waals surface area contributed by atoms with Gasteiger partial charge in [-0.2, -0.15) is 0 Å². The third-order valence-electron chi connectivity index (χ3n) is 3.00. The van der Waals surface area contributed by atoms with Gasteiger partial charge < -0.3 is 10.3 Å². The molecule has 0 fully saturated rings. The molecule has 0 atom stereocenters. The van der Waals surface area contributed by atoms with Crippen molar-refractivity contribution in [2.75, 3.05) is 5.73 Å². The first-order valence-electron chi connectivity index (χ1n) is 5.77. The maximum atomic E-state index is 6.00. The molecule has 2 heterocycles. The number of benzene rings is 1. The third-order valence-corrected chi connectivity index (χ3v) is 3.82. The normalized spacial score (nSPS) is 11.2. The maximum Gasteiger partial charge on any atom is 0.201 e. The number of nitrogens with two attached hydrogens (primary N) is 1. The summed E-state index contributed by atoms with van der Waals surface area (Å²) >= 11 is 1.65. The summed E-state index contributed by atoms with van der Waals surface area (Å²) in [6.45, 7) is 4.73. The van der Waals surface area contributed by atoms with Crippen molar-refractivity contribution in [2.45, 2.75) is 20.4 Å². The highest BCUT2D eigenvalue weighted by Gasteiger charge is 2.11. The summed E-state index contributed by atoms with van der Waals surface area (Å²) in [5.74, 6) is 0.546. The first kappa shape index (κ1) is 11.2. The monoisotopic (exact) mass is 258 g/mol. The smallest absolute Gasteiger partial charge is 0.201 e. The lowest BCUT2D eigenvalue weighted by Crippen LogP contribution is -2.04. The zero-order valence-corrected chi connectivity index (χ0v) is 11.2. The topological polar surface area (TPSA) is 56.7 Å². The average Bonchev–Trinajstić information content (AvgIpc) is 2.87. The summed E-state index contributed by atoms with van der Waals surface area (Å²) < 4.78 is 2.01. The minimum absolute atomic E-state index is 0.546. The van der Waals surface area contributed by atoms with Gasteiger partial charge in [0.1, 0.15) is 0 Å². The summed E-state index contributed by atoms with van der Waals surface area (Å²) in [6, 6.07) is 6.12. The van der Waals surface area contributed by atoms with E-state index in [2.05, 4.69) is 15.3 Å². The fourth-order valence-electron chi connectivity index (χ4n) is 2.11. The molecule has 1 aromatic carbocycles. The van der Waals surface area contributed by atoms with Crippen molar-refractivity contribution in [3.05, 3.63) is 39.8 Å². The Balaban J connectivity index is 2.11. The molecular weight excluding hydrogens is 244 g/mol. The molecule has 4 nitrogen and oxygen atoms in total. The standard InChI is InChI=1S/C13H14N4S/c1-8-4-3-5-11-12(8)16-13(14)17(11)6-10-7-18-9(2)15-10/h3-5,7H,6H2,1-2H3,(H2,14,16). The number of nitrogens with zero attached hydrogens (tertiary/aromatic N) is 3. The lowest BCUT2D eigenvalue weighted by molar-refractivity contribution is 0.813. The highest BCUT2D eigenvalue weighted by atomic mass is 32.1. The van der Waals surface area contributed by atoms with Crippen LogP contribution in [-0.4, -0.2) is 14.5 Å². The van der Waals surface area contributed by atoms with E-state index in [-0.39, 0.29) is 0 Å². The first-order valence-corrected chi connectivity index (χ1v) is 6.65. The lowest BCUT2D eigenvalue weighted by Gasteiger charge is -2.04. The number of thiazole rings is 1. The number of nitrogen functional groups attached to an aromatic ring is 1. The van der Waals surface area contributed by atoms with Crippen LogP contribution < -0.4 is 5.73 Å². The van der Waals surface area contributed by atoms with E-state index in [0.717, 1.165) is 27.3 Å². The second kappa shape index (κ2) is 4.10. The van der Waals surface area contributed by atoms with Crippen LogP contribution >= 0.6 is 11.3 Å². The third kappa shape index (κ3) is 1.76. The highest BCUT2D eigenvalue weighted by Crippen LogP contribution is 2.22. The van der Waals surface area contributed by atoms with Gasteiger partial charge >= 0.3 is 0 Å². The van der Waals surface area contributed by atoms with E-state index in [0.29, 0.717) is 12.5 Å². The Labute approximate surface area is 109 Å². The zero-order chi connectivity index (χ0) is 12.7. The molecule has 0 aliphatic carbocycles. The van der Waals surface area contributed by atoms with Crippen LogP contribution in [0.25, 0.3) is 11.0 Å². The molecule has 0 saturated heterocycles.